The summed E-state index contributed by atoms with van der Waals surface area (Å²) >= 11 is 0. The van der Waals surface area contributed by atoms with Crippen molar-refractivity contribution in [2.24, 2.45) is 0 Å². The molecule has 1 aliphatic heterocycles. The molecule has 0 radical (unpaired) electrons. The van der Waals surface area contributed by atoms with E-state index in [9.17, 15) is 17.2 Å². The van der Waals surface area contributed by atoms with Crippen molar-refractivity contribution in [2.45, 2.75) is 37.7 Å². The Bertz CT molecular complexity index is 577. The van der Waals surface area contributed by atoms with Gasteiger partial charge in [-0.15, -0.1) is 0 Å². The van der Waals surface area contributed by atoms with E-state index >= 15 is 0 Å². The SMILES string of the molecule is CC(NCC1CCCS1(=O)=O)c1cccc(OC(F)F)c1. The normalized spacial score (nSPS) is 22.4. The summed E-state index contributed by atoms with van der Waals surface area (Å²) in [6, 6.07) is 6.29. The van der Waals surface area contributed by atoms with Gasteiger partial charge in [0.15, 0.2) is 9.84 Å². The first-order valence-electron chi connectivity index (χ1n) is 6.88. The minimum absolute atomic E-state index is 0.102. The highest BCUT2D eigenvalue weighted by atomic mass is 32.2. The minimum atomic E-state index is -2.98. The zero-order valence-electron chi connectivity index (χ0n) is 11.8. The Morgan fingerprint density at radius 1 is 1.43 bits per heavy atom. The molecule has 4 nitrogen and oxygen atoms in total. The number of hydrogen-bond donors (Lipinski definition) is 1. The maximum atomic E-state index is 12.2. The Hall–Kier alpha value is -1.21. The van der Waals surface area contributed by atoms with Crippen LogP contribution in [0.25, 0.3) is 0 Å². The summed E-state index contributed by atoms with van der Waals surface area (Å²) in [6.45, 7) is -0.612. The van der Waals surface area contributed by atoms with Crippen LogP contribution in [0.15, 0.2) is 24.3 Å². The molecule has 2 unspecified atom stereocenters. The lowest BCUT2D eigenvalue weighted by atomic mass is 10.1. The topological polar surface area (TPSA) is 55.4 Å². The smallest absolute Gasteiger partial charge is 0.387 e. The minimum Gasteiger partial charge on any atom is -0.435 e. The zero-order chi connectivity index (χ0) is 15.5. The third-order valence-corrected chi connectivity index (χ3v) is 5.97. The third kappa shape index (κ3) is 4.38. The molecule has 0 aliphatic carbocycles. The van der Waals surface area contributed by atoms with E-state index < -0.39 is 16.4 Å². The van der Waals surface area contributed by atoms with Crippen LogP contribution in [0.3, 0.4) is 0 Å². The van der Waals surface area contributed by atoms with Crippen LogP contribution in [0.5, 0.6) is 5.75 Å². The average molecular weight is 319 g/mol. The molecule has 1 fully saturated rings. The van der Waals surface area contributed by atoms with Gasteiger partial charge in [-0.2, -0.15) is 8.78 Å². The van der Waals surface area contributed by atoms with Crippen LogP contribution in [0, 0.1) is 0 Å². The molecule has 21 heavy (non-hydrogen) atoms. The first kappa shape index (κ1) is 16.2. The maximum Gasteiger partial charge on any atom is 0.387 e. The van der Waals surface area contributed by atoms with Crippen LogP contribution in [-0.2, 0) is 9.84 Å². The Kier molecular flexibility index (Phi) is 5.16. The van der Waals surface area contributed by atoms with Crippen LogP contribution >= 0.6 is 0 Å². The predicted octanol–water partition coefficient (Wildman–Crippen LogP) is 2.52. The molecule has 0 saturated carbocycles. The largest absolute Gasteiger partial charge is 0.435 e. The Balaban J connectivity index is 1.95. The van der Waals surface area contributed by atoms with Crippen molar-refractivity contribution >= 4 is 9.84 Å². The molecule has 1 N–H and O–H groups in total. The van der Waals surface area contributed by atoms with E-state index in [0.29, 0.717) is 19.4 Å². The molecule has 118 valence electrons. The van der Waals surface area contributed by atoms with Crippen molar-refractivity contribution in [3.63, 3.8) is 0 Å². The third-order valence-electron chi connectivity index (χ3n) is 3.70. The number of ether oxygens (including phenoxy) is 1. The highest BCUT2D eigenvalue weighted by Gasteiger charge is 2.31. The zero-order valence-corrected chi connectivity index (χ0v) is 12.6. The standard InChI is InChI=1S/C14H19F2NO3S/c1-10(17-9-13-6-3-7-21(13,18)19)11-4-2-5-12(8-11)20-14(15)16/h2,4-5,8,10,13-14,17H,3,6-7,9H2,1H3. The van der Waals surface area contributed by atoms with E-state index in [-0.39, 0.29) is 22.8 Å². The lowest BCUT2D eigenvalue weighted by Crippen LogP contribution is -2.32. The number of rotatable bonds is 6. The number of hydrogen-bond acceptors (Lipinski definition) is 4. The Labute approximate surface area is 123 Å². The van der Waals surface area contributed by atoms with E-state index in [4.69, 9.17) is 0 Å². The molecule has 1 saturated heterocycles. The van der Waals surface area contributed by atoms with Gasteiger partial charge >= 0.3 is 6.61 Å². The Morgan fingerprint density at radius 2 is 2.19 bits per heavy atom. The van der Waals surface area contributed by atoms with Crippen LogP contribution < -0.4 is 10.1 Å². The second-order valence-corrected chi connectivity index (χ2v) is 7.61. The van der Waals surface area contributed by atoms with Crippen molar-refractivity contribution in [1.29, 1.82) is 0 Å². The predicted molar refractivity (Wildman–Crippen MR) is 76.3 cm³/mol. The second-order valence-electron chi connectivity index (χ2n) is 5.21. The number of sulfone groups is 1. The number of halogens is 2. The summed E-state index contributed by atoms with van der Waals surface area (Å²) in [6.07, 6.45) is 1.39. The van der Waals surface area contributed by atoms with E-state index in [1.807, 2.05) is 6.92 Å². The molecule has 0 bridgehead atoms. The van der Waals surface area contributed by atoms with Crippen LogP contribution in [-0.4, -0.2) is 32.6 Å². The van der Waals surface area contributed by atoms with Gasteiger partial charge in [0.2, 0.25) is 0 Å². The van der Waals surface area contributed by atoms with E-state index in [1.165, 1.54) is 12.1 Å². The molecule has 0 amide bonds. The van der Waals surface area contributed by atoms with Crippen molar-refractivity contribution in [2.75, 3.05) is 12.3 Å². The van der Waals surface area contributed by atoms with Crippen molar-refractivity contribution < 1.29 is 21.9 Å². The average Bonchev–Trinajstić information content (AvgIpc) is 2.74. The van der Waals surface area contributed by atoms with Crippen LogP contribution in [0.4, 0.5) is 8.78 Å². The van der Waals surface area contributed by atoms with Crippen LogP contribution in [0.2, 0.25) is 0 Å². The molecule has 0 aromatic heterocycles. The van der Waals surface area contributed by atoms with Gasteiger partial charge in [-0.1, -0.05) is 12.1 Å². The molecule has 2 rings (SSSR count). The van der Waals surface area contributed by atoms with Gasteiger partial charge in [-0.3, -0.25) is 0 Å². The maximum absolute atomic E-state index is 12.2. The van der Waals surface area contributed by atoms with Gasteiger partial charge in [-0.25, -0.2) is 8.42 Å². The fraction of sp³-hybridized carbons (Fsp3) is 0.571. The summed E-state index contributed by atoms with van der Waals surface area (Å²) in [7, 11) is -2.98. The van der Waals surface area contributed by atoms with Crippen LogP contribution in [0.1, 0.15) is 31.4 Å². The highest BCUT2D eigenvalue weighted by Crippen LogP contribution is 2.23. The van der Waals surface area contributed by atoms with E-state index in [2.05, 4.69) is 10.1 Å². The summed E-state index contributed by atoms with van der Waals surface area (Å²) in [5, 5.41) is 2.81. The van der Waals surface area contributed by atoms with Gasteiger partial charge in [0.1, 0.15) is 5.75 Å². The summed E-state index contributed by atoms with van der Waals surface area (Å²) in [5.41, 5.74) is 0.781. The molecule has 7 heteroatoms. The quantitative estimate of drug-likeness (QED) is 0.875. The summed E-state index contributed by atoms with van der Waals surface area (Å²) in [4.78, 5) is 0. The van der Waals surface area contributed by atoms with Gasteiger partial charge < -0.3 is 10.1 Å². The lowest BCUT2D eigenvalue weighted by molar-refractivity contribution is -0.0499. The number of alkyl halides is 2. The first-order valence-corrected chi connectivity index (χ1v) is 8.60. The van der Waals surface area contributed by atoms with E-state index in [0.717, 1.165) is 5.56 Å². The Morgan fingerprint density at radius 3 is 2.81 bits per heavy atom. The fourth-order valence-corrected chi connectivity index (χ4v) is 4.25. The number of benzene rings is 1. The molecule has 1 aromatic rings. The molecule has 1 aliphatic rings. The summed E-state index contributed by atoms with van der Waals surface area (Å²) in [5.74, 6) is 0.357. The number of nitrogens with one attached hydrogen (secondary N) is 1. The monoisotopic (exact) mass is 319 g/mol. The van der Waals surface area contributed by atoms with Gasteiger partial charge in [0.05, 0.1) is 11.0 Å². The van der Waals surface area contributed by atoms with Crippen molar-refractivity contribution in [3.05, 3.63) is 29.8 Å². The van der Waals surface area contributed by atoms with Gasteiger partial charge in [-0.05, 0) is 37.5 Å². The highest BCUT2D eigenvalue weighted by molar-refractivity contribution is 7.92. The van der Waals surface area contributed by atoms with Gasteiger partial charge in [0, 0.05) is 12.6 Å². The molecular weight excluding hydrogens is 300 g/mol. The fourth-order valence-electron chi connectivity index (χ4n) is 2.47. The first-order chi connectivity index (χ1) is 9.88. The molecular formula is C14H19F2NO3S. The second kappa shape index (κ2) is 6.70. The molecule has 2 atom stereocenters. The lowest BCUT2D eigenvalue weighted by Gasteiger charge is -2.18. The summed E-state index contributed by atoms with van der Waals surface area (Å²) < 4.78 is 52.2. The van der Waals surface area contributed by atoms with Crippen molar-refractivity contribution in [1.82, 2.24) is 5.32 Å². The molecule has 1 aromatic carbocycles. The van der Waals surface area contributed by atoms with Gasteiger partial charge in [0.25, 0.3) is 0 Å². The van der Waals surface area contributed by atoms with E-state index in [1.54, 1.807) is 12.1 Å². The van der Waals surface area contributed by atoms with Crippen molar-refractivity contribution in [3.8, 4) is 5.75 Å². The molecule has 0 spiro atoms. The molecule has 1 heterocycles.